The SMILES string of the molecule is O=C1C(=O)N(Cc2ccc(Cl)c(F)c2)c2cccc(Cl)c21. The van der Waals surface area contributed by atoms with Gasteiger partial charge in [-0.1, -0.05) is 35.3 Å². The molecule has 3 rings (SSSR count). The highest BCUT2D eigenvalue weighted by Crippen LogP contribution is 2.35. The highest BCUT2D eigenvalue weighted by atomic mass is 35.5. The number of benzene rings is 2. The molecule has 21 heavy (non-hydrogen) atoms. The molecule has 1 aliphatic rings. The number of ketones is 1. The zero-order valence-corrected chi connectivity index (χ0v) is 12.1. The van der Waals surface area contributed by atoms with Gasteiger partial charge in [0.05, 0.1) is 27.8 Å². The molecule has 0 atom stereocenters. The lowest BCUT2D eigenvalue weighted by Gasteiger charge is -2.16. The molecule has 0 aromatic heterocycles. The summed E-state index contributed by atoms with van der Waals surface area (Å²) >= 11 is 11.6. The number of carbonyl (C=O) groups is 2. The summed E-state index contributed by atoms with van der Waals surface area (Å²) in [6.45, 7) is 0.0754. The van der Waals surface area contributed by atoms with Crippen LogP contribution in [0.2, 0.25) is 10.0 Å². The Morgan fingerprint density at radius 2 is 1.81 bits per heavy atom. The van der Waals surface area contributed by atoms with E-state index < -0.39 is 17.5 Å². The quantitative estimate of drug-likeness (QED) is 0.787. The van der Waals surface area contributed by atoms with Crippen LogP contribution in [0, 0.1) is 5.82 Å². The number of rotatable bonds is 2. The molecule has 0 saturated carbocycles. The molecular weight excluding hydrogens is 316 g/mol. The van der Waals surface area contributed by atoms with E-state index in [0.717, 1.165) is 0 Å². The van der Waals surface area contributed by atoms with Crippen molar-refractivity contribution in [2.45, 2.75) is 6.54 Å². The van der Waals surface area contributed by atoms with Gasteiger partial charge in [0, 0.05) is 0 Å². The van der Waals surface area contributed by atoms with E-state index >= 15 is 0 Å². The monoisotopic (exact) mass is 323 g/mol. The summed E-state index contributed by atoms with van der Waals surface area (Å²) in [5.74, 6) is -1.89. The maximum absolute atomic E-state index is 13.5. The number of Topliss-reactive ketones (excluding diaryl/α,β-unsaturated/α-hetero) is 1. The standard InChI is InChI=1S/C15H8Cl2FNO2/c16-9-5-4-8(6-11(9)18)7-19-12-3-1-2-10(17)13(12)14(20)15(19)21/h1-6H,7H2. The lowest BCUT2D eigenvalue weighted by Crippen LogP contribution is -2.29. The maximum Gasteiger partial charge on any atom is 0.299 e. The van der Waals surface area contributed by atoms with Crippen molar-refractivity contribution < 1.29 is 14.0 Å². The fourth-order valence-corrected chi connectivity index (χ4v) is 2.65. The van der Waals surface area contributed by atoms with E-state index in [9.17, 15) is 14.0 Å². The van der Waals surface area contributed by atoms with Gasteiger partial charge in [-0.25, -0.2) is 4.39 Å². The van der Waals surface area contributed by atoms with E-state index in [0.29, 0.717) is 11.3 Å². The van der Waals surface area contributed by atoms with E-state index in [-0.39, 0.29) is 22.2 Å². The van der Waals surface area contributed by atoms with Crippen molar-refractivity contribution in [1.29, 1.82) is 0 Å². The molecule has 0 unspecified atom stereocenters. The summed E-state index contributed by atoms with van der Waals surface area (Å²) in [5.41, 5.74) is 1.16. The summed E-state index contributed by atoms with van der Waals surface area (Å²) in [4.78, 5) is 25.3. The third-order valence-corrected chi connectivity index (χ3v) is 3.90. The second kappa shape index (κ2) is 5.13. The van der Waals surface area contributed by atoms with Gasteiger partial charge in [-0.05, 0) is 29.8 Å². The molecule has 0 fully saturated rings. The largest absolute Gasteiger partial charge is 0.300 e. The van der Waals surface area contributed by atoms with Gasteiger partial charge >= 0.3 is 0 Å². The average molecular weight is 324 g/mol. The number of fused-ring (bicyclic) bond motifs is 1. The van der Waals surface area contributed by atoms with Gasteiger partial charge in [0.25, 0.3) is 11.7 Å². The van der Waals surface area contributed by atoms with Crippen LogP contribution in [0.5, 0.6) is 0 Å². The third-order valence-electron chi connectivity index (χ3n) is 3.27. The van der Waals surface area contributed by atoms with Crippen LogP contribution < -0.4 is 4.90 Å². The smallest absolute Gasteiger partial charge is 0.299 e. The van der Waals surface area contributed by atoms with Crippen LogP contribution in [-0.2, 0) is 11.3 Å². The van der Waals surface area contributed by atoms with Crippen molar-refractivity contribution >= 4 is 40.6 Å². The van der Waals surface area contributed by atoms with Crippen molar-refractivity contribution in [3.63, 3.8) is 0 Å². The minimum Gasteiger partial charge on any atom is -0.300 e. The van der Waals surface area contributed by atoms with Crippen molar-refractivity contribution in [3.8, 4) is 0 Å². The summed E-state index contributed by atoms with van der Waals surface area (Å²) in [5, 5.41) is 0.238. The number of hydrogen-bond donors (Lipinski definition) is 0. The van der Waals surface area contributed by atoms with Crippen molar-refractivity contribution in [3.05, 3.63) is 63.4 Å². The minimum absolute atomic E-state index is 0.00557. The normalized spacial score (nSPS) is 13.8. The lowest BCUT2D eigenvalue weighted by molar-refractivity contribution is -0.114. The number of anilines is 1. The summed E-state index contributed by atoms with van der Waals surface area (Å²) in [7, 11) is 0. The molecule has 1 amide bonds. The Balaban J connectivity index is 2.00. The molecule has 106 valence electrons. The Labute approximate surface area is 129 Å². The second-order valence-electron chi connectivity index (χ2n) is 4.60. The molecule has 3 nitrogen and oxygen atoms in total. The number of halogens is 3. The predicted molar refractivity (Wildman–Crippen MR) is 78.4 cm³/mol. The molecule has 0 aliphatic carbocycles. The average Bonchev–Trinajstić information content (AvgIpc) is 2.69. The van der Waals surface area contributed by atoms with Gasteiger partial charge in [-0.15, -0.1) is 0 Å². The van der Waals surface area contributed by atoms with Crippen molar-refractivity contribution in [1.82, 2.24) is 0 Å². The molecule has 0 radical (unpaired) electrons. The van der Waals surface area contributed by atoms with Crippen LogP contribution in [0.4, 0.5) is 10.1 Å². The molecule has 0 N–H and O–H groups in total. The molecule has 0 spiro atoms. The first-order valence-corrected chi connectivity index (χ1v) is 6.83. The van der Waals surface area contributed by atoms with Crippen LogP contribution >= 0.6 is 23.2 Å². The second-order valence-corrected chi connectivity index (χ2v) is 5.42. The first kappa shape index (κ1) is 14.0. The van der Waals surface area contributed by atoms with Crippen LogP contribution in [0.25, 0.3) is 0 Å². The highest BCUT2D eigenvalue weighted by Gasteiger charge is 2.37. The predicted octanol–water partition coefficient (Wildman–Crippen LogP) is 3.86. The van der Waals surface area contributed by atoms with E-state index in [1.54, 1.807) is 24.3 Å². The fraction of sp³-hybridized carbons (Fsp3) is 0.0667. The molecule has 1 aliphatic heterocycles. The topological polar surface area (TPSA) is 37.4 Å². The third kappa shape index (κ3) is 2.30. The number of nitrogens with zero attached hydrogens (tertiary/aromatic N) is 1. The van der Waals surface area contributed by atoms with Crippen LogP contribution in [-0.4, -0.2) is 11.7 Å². The Bertz CT molecular complexity index is 776. The number of carbonyl (C=O) groups excluding carboxylic acids is 2. The summed E-state index contributed by atoms with van der Waals surface area (Å²) < 4.78 is 13.5. The fourth-order valence-electron chi connectivity index (χ4n) is 2.28. The Morgan fingerprint density at radius 1 is 1.05 bits per heavy atom. The van der Waals surface area contributed by atoms with Gasteiger partial charge in [0.15, 0.2) is 0 Å². The van der Waals surface area contributed by atoms with Crippen LogP contribution in [0.3, 0.4) is 0 Å². The molecule has 2 aromatic carbocycles. The summed E-state index contributed by atoms with van der Waals surface area (Å²) in [6, 6.07) is 9.09. The molecular formula is C15H8Cl2FNO2. The van der Waals surface area contributed by atoms with E-state index in [1.165, 1.54) is 17.0 Å². The van der Waals surface area contributed by atoms with Crippen molar-refractivity contribution in [2.24, 2.45) is 0 Å². The summed E-state index contributed by atoms with van der Waals surface area (Å²) in [6.07, 6.45) is 0. The first-order valence-electron chi connectivity index (χ1n) is 6.07. The van der Waals surface area contributed by atoms with E-state index in [1.807, 2.05) is 0 Å². The molecule has 0 bridgehead atoms. The Kier molecular flexibility index (Phi) is 3.43. The number of hydrogen-bond acceptors (Lipinski definition) is 2. The molecule has 2 aromatic rings. The van der Waals surface area contributed by atoms with Gasteiger partial charge in [-0.3, -0.25) is 9.59 Å². The zero-order chi connectivity index (χ0) is 15.1. The van der Waals surface area contributed by atoms with E-state index in [4.69, 9.17) is 23.2 Å². The molecule has 1 heterocycles. The van der Waals surface area contributed by atoms with Gasteiger partial charge in [0.2, 0.25) is 0 Å². The van der Waals surface area contributed by atoms with Gasteiger partial charge in [-0.2, -0.15) is 0 Å². The number of amides is 1. The van der Waals surface area contributed by atoms with Crippen LogP contribution in [0.1, 0.15) is 15.9 Å². The lowest BCUT2D eigenvalue weighted by atomic mass is 10.1. The van der Waals surface area contributed by atoms with Crippen LogP contribution in [0.15, 0.2) is 36.4 Å². The zero-order valence-electron chi connectivity index (χ0n) is 10.6. The van der Waals surface area contributed by atoms with Gasteiger partial charge in [0.1, 0.15) is 5.82 Å². The van der Waals surface area contributed by atoms with E-state index in [2.05, 4.69) is 0 Å². The molecule has 0 saturated heterocycles. The van der Waals surface area contributed by atoms with Crippen molar-refractivity contribution in [2.75, 3.05) is 4.90 Å². The highest BCUT2D eigenvalue weighted by molar-refractivity contribution is 6.55. The Morgan fingerprint density at radius 3 is 2.52 bits per heavy atom. The Hall–Kier alpha value is -1.91. The van der Waals surface area contributed by atoms with Gasteiger partial charge < -0.3 is 4.90 Å². The maximum atomic E-state index is 13.5. The first-order chi connectivity index (χ1) is 9.99. The minimum atomic E-state index is -0.673. The molecule has 6 heteroatoms.